The number of halogens is 2. The maximum Gasteiger partial charge on any atom is 0.137 e. The van der Waals surface area contributed by atoms with Crippen LogP contribution in [-0.2, 0) is 0 Å². The summed E-state index contributed by atoms with van der Waals surface area (Å²) in [7, 11) is 0. The van der Waals surface area contributed by atoms with Crippen LogP contribution in [0.2, 0.25) is 0 Å². The van der Waals surface area contributed by atoms with Crippen molar-refractivity contribution in [2.75, 3.05) is 0 Å². The summed E-state index contributed by atoms with van der Waals surface area (Å²) in [6, 6.07) is 0.647. The smallest absolute Gasteiger partial charge is 0.137 e. The van der Waals surface area contributed by atoms with Crippen LogP contribution in [0.25, 0.3) is 0 Å². The van der Waals surface area contributed by atoms with Crippen LogP contribution in [0.1, 0.15) is 38.1 Å². The first-order valence-corrected chi connectivity index (χ1v) is 6.54. The Kier molecular flexibility index (Phi) is 3.29. The molecule has 1 aromatic heterocycles. The second-order valence-corrected chi connectivity index (χ2v) is 5.42. The third-order valence-electron chi connectivity index (χ3n) is 2.59. The van der Waals surface area contributed by atoms with Crippen molar-refractivity contribution < 1.29 is 0 Å². The maximum atomic E-state index is 4.49. The average Bonchev–Trinajstić information content (AvgIpc) is 2.49. The highest BCUT2D eigenvalue weighted by Gasteiger charge is 2.16. The van der Waals surface area contributed by atoms with E-state index in [-0.39, 0.29) is 0 Å². The van der Waals surface area contributed by atoms with E-state index in [0.29, 0.717) is 6.04 Å². The second-order valence-electron chi connectivity index (χ2n) is 3.54. The molecule has 13 heavy (non-hydrogen) atoms. The van der Waals surface area contributed by atoms with Gasteiger partial charge in [0.25, 0.3) is 0 Å². The molecule has 0 saturated heterocycles. The molecule has 72 valence electrons. The van der Waals surface area contributed by atoms with Gasteiger partial charge in [-0.25, -0.2) is 0 Å². The average molecular weight is 355 g/mol. The van der Waals surface area contributed by atoms with Gasteiger partial charge >= 0.3 is 0 Å². The first-order valence-electron chi connectivity index (χ1n) is 4.67. The highest BCUT2D eigenvalue weighted by Crippen LogP contribution is 2.29. The highest BCUT2D eigenvalue weighted by atomic mass is 127. The fourth-order valence-electron chi connectivity index (χ4n) is 1.88. The number of rotatable bonds is 1. The Labute approximate surface area is 100 Å². The molecule has 1 aliphatic carbocycles. The summed E-state index contributed by atoms with van der Waals surface area (Å²) in [5.41, 5.74) is 0. The van der Waals surface area contributed by atoms with Gasteiger partial charge in [0.2, 0.25) is 0 Å². The van der Waals surface area contributed by atoms with Crippen LogP contribution in [0.3, 0.4) is 0 Å². The molecule has 0 radical (unpaired) electrons. The second kappa shape index (κ2) is 4.29. The van der Waals surface area contributed by atoms with Crippen molar-refractivity contribution in [2.45, 2.75) is 38.1 Å². The number of hydrogen-bond donors (Lipinski definition) is 0. The molecule has 1 saturated carbocycles. The molecular formula is C9H12BrIN2. The van der Waals surface area contributed by atoms with E-state index in [0.717, 1.165) is 8.17 Å². The van der Waals surface area contributed by atoms with Crippen LogP contribution in [0.15, 0.2) is 10.7 Å². The molecular weight excluding hydrogens is 343 g/mol. The maximum absolute atomic E-state index is 4.49. The Balaban J connectivity index is 2.14. The van der Waals surface area contributed by atoms with Gasteiger partial charge in [-0.2, -0.15) is 5.10 Å². The summed E-state index contributed by atoms with van der Waals surface area (Å²) in [6.07, 6.45) is 8.82. The molecule has 0 aliphatic heterocycles. The first kappa shape index (κ1) is 9.96. The van der Waals surface area contributed by atoms with Crippen LogP contribution in [0, 0.1) is 3.70 Å². The Morgan fingerprint density at radius 3 is 2.62 bits per heavy atom. The van der Waals surface area contributed by atoms with Gasteiger partial charge in [-0.05, 0) is 51.4 Å². The molecule has 0 N–H and O–H groups in total. The van der Waals surface area contributed by atoms with Gasteiger partial charge in [-0.3, -0.25) is 4.68 Å². The van der Waals surface area contributed by atoms with Gasteiger partial charge in [0.1, 0.15) is 3.70 Å². The van der Waals surface area contributed by atoms with Gasteiger partial charge in [-0.15, -0.1) is 0 Å². The zero-order valence-corrected chi connectivity index (χ0v) is 11.1. The highest BCUT2D eigenvalue weighted by molar-refractivity contribution is 14.1. The molecule has 4 heteroatoms. The molecule has 1 heterocycles. The molecule has 1 aliphatic rings. The largest absolute Gasteiger partial charge is 0.267 e. The normalized spacial score (nSPS) is 19.2. The van der Waals surface area contributed by atoms with E-state index in [4.69, 9.17) is 0 Å². The summed E-state index contributed by atoms with van der Waals surface area (Å²) in [4.78, 5) is 0. The van der Waals surface area contributed by atoms with E-state index >= 15 is 0 Å². The standard InChI is InChI=1S/C9H12BrIN2/c10-8-6-13(12-9(8)11)7-4-2-1-3-5-7/h6-7H,1-5H2. The lowest BCUT2D eigenvalue weighted by atomic mass is 9.96. The minimum Gasteiger partial charge on any atom is -0.267 e. The van der Waals surface area contributed by atoms with Crippen LogP contribution < -0.4 is 0 Å². The quantitative estimate of drug-likeness (QED) is 0.702. The van der Waals surface area contributed by atoms with Gasteiger partial charge < -0.3 is 0 Å². The monoisotopic (exact) mass is 354 g/mol. The minimum absolute atomic E-state index is 0.647. The van der Waals surface area contributed by atoms with Crippen LogP contribution in [0.4, 0.5) is 0 Å². The van der Waals surface area contributed by atoms with Gasteiger partial charge in [-0.1, -0.05) is 19.3 Å². The third kappa shape index (κ3) is 2.26. The van der Waals surface area contributed by atoms with Crippen LogP contribution in [-0.4, -0.2) is 9.78 Å². The number of hydrogen-bond acceptors (Lipinski definition) is 1. The van der Waals surface area contributed by atoms with E-state index in [1.54, 1.807) is 0 Å². The van der Waals surface area contributed by atoms with Crippen molar-refractivity contribution in [1.29, 1.82) is 0 Å². The molecule has 0 aromatic carbocycles. The van der Waals surface area contributed by atoms with Gasteiger partial charge in [0, 0.05) is 6.20 Å². The lowest BCUT2D eigenvalue weighted by Gasteiger charge is -2.21. The summed E-state index contributed by atoms with van der Waals surface area (Å²) < 4.78 is 4.33. The molecule has 0 bridgehead atoms. The molecule has 0 spiro atoms. The van der Waals surface area contributed by atoms with Crippen molar-refractivity contribution in [3.05, 3.63) is 14.4 Å². The Hall–Kier alpha value is 0.420. The van der Waals surface area contributed by atoms with Crippen molar-refractivity contribution in [3.63, 3.8) is 0 Å². The zero-order valence-electron chi connectivity index (χ0n) is 7.34. The Morgan fingerprint density at radius 2 is 2.08 bits per heavy atom. The summed E-state index contributed by atoms with van der Waals surface area (Å²) in [5.74, 6) is 0. The number of aromatic nitrogens is 2. The lowest BCUT2D eigenvalue weighted by molar-refractivity contribution is 0.328. The van der Waals surface area contributed by atoms with E-state index in [1.165, 1.54) is 32.1 Å². The zero-order chi connectivity index (χ0) is 9.26. The molecule has 1 aromatic rings. The minimum atomic E-state index is 0.647. The molecule has 0 amide bonds. The summed E-state index contributed by atoms with van der Waals surface area (Å²) in [6.45, 7) is 0. The fraction of sp³-hybridized carbons (Fsp3) is 0.667. The van der Waals surface area contributed by atoms with Crippen molar-refractivity contribution in [2.24, 2.45) is 0 Å². The van der Waals surface area contributed by atoms with E-state index < -0.39 is 0 Å². The predicted molar refractivity (Wildman–Crippen MR) is 64.8 cm³/mol. The van der Waals surface area contributed by atoms with Crippen molar-refractivity contribution in [3.8, 4) is 0 Å². The molecule has 2 nitrogen and oxygen atoms in total. The molecule has 0 unspecified atom stereocenters. The van der Waals surface area contributed by atoms with Crippen LogP contribution >= 0.6 is 38.5 Å². The molecule has 0 atom stereocenters. The first-order chi connectivity index (χ1) is 6.27. The van der Waals surface area contributed by atoms with Crippen LogP contribution in [0.5, 0.6) is 0 Å². The van der Waals surface area contributed by atoms with Gasteiger partial charge in [0.15, 0.2) is 0 Å². The van der Waals surface area contributed by atoms with E-state index in [9.17, 15) is 0 Å². The number of nitrogens with zero attached hydrogens (tertiary/aromatic N) is 2. The molecule has 2 rings (SSSR count). The summed E-state index contributed by atoms with van der Waals surface area (Å²) in [5, 5.41) is 4.49. The lowest BCUT2D eigenvalue weighted by Crippen LogP contribution is -2.13. The van der Waals surface area contributed by atoms with Gasteiger partial charge in [0.05, 0.1) is 10.5 Å². The summed E-state index contributed by atoms with van der Waals surface area (Å²) >= 11 is 5.75. The third-order valence-corrected chi connectivity index (χ3v) is 4.71. The Morgan fingerprint density at radius 1 is 1.38 bits per heavy atom. The Bertz CT molecular complexity index is 272. The SMILES string of the molecule is Brc1cn(C2CCCCC2)nc1I. The van der Waals surface area contributed by atoms with Crippen molar-refractivity contribution in [1.82, 2.24) is 9.78 Å². The van der Waals surface area contributed by atoms with Crippen molar-refractivity contribution >= 4 is 38.5 Å². The predicted octanol–water partition coefficient (Wildman–Crippen LogP) is 3.76. The molecule has 1 fully saturated rings. The fourth-order valence-corrected chi connectivity index (χ4v) is 2.56. The van der Waals surface area contributed by atoms with E-state index in [1.807, 2.05) is 0 Å². The van der Waals surface area contributed by atoms with E-state index in [2.05, 4.69) is 54.5 Å². The topological polar surface area (TPSA) is 17.8 Å².